The molecule has 0 amide bonds. The monoisotopic (exact) mass is 674 g/mol. The van der Waals surface area contributed by atoms with Gasteiger partial charge in [0.15, 0.2) is 0 Å². The van der Waals surface area contributed by atoms with Gasteiger partial charge in [-0.15, -0.1) is 0 Å². The standard InChI is InChI=1S/C40H24F6N4/c1-22-7-11-32-28(15-22)29-16-23(2)8-12-33(29)49(32)36-20-48-21-37(38(36)27-6-4-3-5-24(27)19-47)50-34-13-9-25(39(41,42)43)17-30(34)31-18-26(40(44,45)46)10-14-35(31)50/h3-18,20-21H,1-2H3. The van der Waals surface area contributed by atoms with Crippen molar-refractivity contribution in [1.82, 2.24) is 14.1 Å². The fraction of sp³-hybridized carbons (Fsp3) is 0.100. The van der Waals surface area contributed by atoms with Crippen LogP contribution in [0.3, 0.4) is 0 Å². The van der Waals surface area contributed by atoms with Crippen molar-refractivity contribution in [3.8, 4) is 28.6 Å². The van der Waals surface area contributed by atoms with Crippen molar-refractivity contribution in [2.45, 2.75) is 26.2 Å². The molecule has 0 fully saturated rings. The van der Waals surface area contributed by atoms with Gasteiger partial charge < -0.3 is 9.13 Å². The van der Waals surface area contributed by atoms with E-state index in [9.17, 15) is 31.6 Å². The van der Waals surface area contributed by atoms with Crippen molar-refractivity contribution >= 4 is 43.6 Å². The van der Waals surface area contributed by atoms with Crippen LogP contribution >= 0.6 is 0 Å². The molecule has 0 atom stereocenters. The maximum atomic E-state index is 14.0. The average molecular weight is 675 g/mol. The lowest BCUT2D eigenvalue weighted by Crippen LogP contribution is -2.07. The molecule has 0 N–H and O–H groups in total. The van der Waals surface area contributed by atoms with E-state index in [1.54, 1.807) is 35.0 Å². The average Bonchev–Trinajstić information content (AvgIpc) is 3.58. The first-order valence-corrected chi connectivity index (χ1v) is 15.6. The number of hydrogen-bond donors (Lipinski definition) is 0. The summed E-state index contributed by atoms with van der Waals surface area (Å²) in [4.78, 5) is 4.63. The molecule has 0 spiro atoms. The summed E-state index contributed by atoms with van der Waals surface area (Å²) >= 11 is 0. The molecule has 50 heavy (non-hydrogen) atoms. The van der Waals surface area contributed by atoms with Crippen molar-refractivity contribution in [1.29, 1.82) is 5.26 Å². The van der Waals surface area contributed by atoms with Gasteiger partial charge in [0.05, 0.1) is 68.6 Å². The highest BCUT2D eigenvalue weighted by Gasteiger charge is 2.34. The van der Waals surface area contributed by atoms with Crippen molar-refractivity contribution in [3.05, 3.63) is 137 Å². The normalized spacial score (nSPS) is 12.4. The Morgan fingerprint density at radius 3 is 1.42 bits per heavy atom. The molecule has 0 aliphatic rings. The molecule has 0 saturated carbocycles. The van der Waals surface area contributed by atoms with Crippen LogP contribution in [0, 0.1) is 25.2 Å². The summed E-state index contributed by atoms with van der Waals surface area (Å²) in [6, 6.07) is 27.5. The topological polar surface area (TPSA) is 46.5 Å². The molecular weight excluding hydrogens is 650 g/mol. The predicted molar refractivity (Wildman–Crippen MR) is 183 cm³/mol. The van der Waals surface area contributed by atoms with E-state index < -0.39 is 23.5 Å². The van der Waals surface area contributed by atoms with Gasteiger partial charge in [-0.2, -0.15) is 31.6 Å². The predicted octanol–water partition coefficient (Wildman–Crippen LogP) is 11.5. The molecule has 0 aliphatic heterocycles. The van der Waals surface area contributed by atoms with Crippen molar-refractivity contribution in [2.75, 3.05) is 0 Å². The van der Waals surface area contributed by atoms with Gasteiger partial charge in [0.2, 0.25) is 0 Å². The van der Waals surface area contributed by atoms with Crippen LogP contribution in [0.2, 0.25) is 0 Å². The summed E-state index contributed by atoms with van der Waals surface area (Å²) in [5.74, 6) is 0. The molecule has 246 valence electrons. The first kappa shape index (κ1) is 31.2. The lowest BCUT2D eigenvalue weighted by molar-refractivity contribution is -0.138. The number of nitrogens with zero attached hydrogens (tertiary/aromatic N) is 4. The van der Waals surface area contributed by atoms with E-state index in [1.807, 2.05) is 42.7 Å². The van der Waals surface area contributed by atoms with Crippen molar-refractivity contribution in [3.63, 3.8) is 0 Å². The van der Waals surface area contributed by atoms with Crippen LogP contribution in [0.25, 0.3) is 66.1 Å². The lowest BCUT2D eigenvalue weighted by Gasteiger charge is -2.20. The number of fused-ring (bicyclic) bond motifs is 6. The highest BCUT2D eigenvalue weighted by Crippen LogP contribution is 2.44. The fourth-order valence-electron chi connectivity index (χ4n) is 7.00. The summed E-state index contributed by atoms with van der Waals surface area (Å²) < 4.78 is 87.5. The number of aryl methyl sites for hydroxylation is 2. The first-order valence-electron chi connectivity index (χ1n) is 15.6. The third-order valence-corrected chi connectivity index (χ3v) is 9.20. The Morgan fingerprint density at radius 2 is 0.980 bits per heavy atom. The highest BCUT2D eigenvalue weighted by molar-refractivity contribution is 6.12. The number of nitriles is 1. The zero-order chi connectivity index (χ0) is 35.1. The number of aromatic nitrogens is 3. The quantitative estimate of drug-likeness (QED) is 0.175. The van der Waals surface area contributed by atoms with E-state index in [1.165, 1.54) is 18.3 Å². The van der Waals surface area contributed by atoms with Gasteiger partial charge in [0.25, 0.3) is 0 Å². The van der Waals surface area contributed by atoms with Crippen LogP contribution in [0.15, 0.2) is 109 Å². The first-order chi connectivity index (χ1) is 23.8. The van der Waals surface area contributed by atoms with Crippen molar-refractivity contribution in [2.24, 2.45) is 0 Å². The van der Waals surface area contributed by atoms with Gasteiger partial charge in [-0.25, -0.2) is 0 Å². The summed E-state index contributed by atoms with van der Waals surface area (Å²) in [5.41, 5.74) is 4.67. The smallest absolute Gasteiger partial charge is 0.307 e. The molecule has 0 bridgehead atoms. The molecule has 4 nitrogen and oxygen atoms in total. The van der Waals surface area contributed by atoms with Gasteiger partial charge in [0, 0.05) is 32.7 Å². The van der Waals surface area contributed by atoms with Crippen LogP contribution in [0.4, 0.5) is 26.3 Å². The summed E-state index contributed by atoms with van der Waals surface area (Å²) in [5, 5.41) is 12.3. The Kier molecular flexibility index (Phi) is 6.85. The van der Waals surface area contributed by atoms with Crippen LogP contribution in [0.1, 0.15) is 27.8 Å². The number of pyridine rings is 1. The molecule has 5 aromatic carbocycles. The Bertz CT molecular complexity index is 2590. The minimum absolute atomic E-state index is 0.00587. The molecule has 0 saturated heterocycles. The lowest BCUT2D eigenvalue weighted by atomic mass is 9.97. The number of hydrogen-bond acceptors (Lipinski definition) is 2. The van der Waals surface area contributed by atoms with Crippen molar-refractivity contribution < 1.29 is 26.3 Å². The molecule has 3 aromatic heterocycles. The fourth-order valence-corrected chi connectivity index (χ4v) is 7.00. The third kappa shape index (κ3) is 4.80. The third-order valence-electron chi connectivity index (χ3n) is 9.20. The molecule has 0 unspecified atom stereocenters. The second kappa shape index (κ2) is 11.0. The van der Waals surface area contributed by atoms with Crippen LogP contribution < -0.4 is 0 Å². The van der Waals surface area contributed by atoms with Gasteiger partial charge in [-0.05, 0) is 80.6 Å². The molecule has 8 aromatic rings. The molecule has 0 radical (unpaired) electrons. The maximum absolute atomic E-state index is 14.0. The number of halogens is 6. The zero-order valence-electron chi connectivity index (χ0n) is 26.4. The maximum Gasteiger partial charge on any atom is 0.416 e. The van der Waals surface area contributed by atoms with E-state index >= 15 is 0 Å². The summed E-state index contributed by atoms with van der Waals surface area (Å²) in [6.07, 6.45) is -6.25. The summed E-state index contributed by atoms with van der Waals surface area (Å²) in [6.45, 7) is 4.01. The van der Waals surface area contributed by atoms with E-state index in [0.717, 1.165) is 57.2 Å². The van der Waals surface area contributed by atoms with Crippen LogP contribution in [0.5, 0.6) is 0 Å². The van der Waals surface area contributed by atoms with Gasteiger partial charge in [-0.1, -0.05) is 41.5 Å². The second-order valence-electron chi connectivity index (χ2n) is 12.4. The number of alkyl halides is 6. The number of rotatable bonds is 3. The second-order valence-corrected chi connectivity index (χ2v) is 12.4. The van der Waals surface area contributed by atoms with E-state index in [-0.39, 0.29) is 21.8 Å². The Morgan fingerprint density at radius 1 is 0.560 bits per heavy atom. The Labute approximate surface area is 281 Å². The van der Waals surface area contributed by atoms with E-state index in [2.05, 4.69) is 23.2 Å². The van der Waals surface area contributed by atoms with E-state index in [0.29, 0.717) is 28.1 Å². The molecule has 10 heteroatoms. The van der Waals surface area contributed by atoms with Crippen LogP contribution in [-0.2, 0) is 12.4 Å². The molecule has 8 rings (SSSR count). The minimum Gasteiger partial charge on any atom is -0.307 e. The molecule has 0 aliphatic carbocycles. The van der Waals surface area contributed by atoms with Crippen LogP contribution in [-0.4, -0.2) is 14.1 Å². The minimum atomic E-state index is -4.73. The molecular formula is C40H24F6N4. The van der Waals surface area contributed by atoms with E-state index in [4.69, 9.17) is 0 Å². The molecule has 3 heterocycles. The SMILES string of the molecule is Cc1ccc2c(c1)c1cc(C)ccc1n2-c1cncc(-n2c3ccc(C(F)(F)F)cc3c3cc(C(F)(F)F)ccc32)c1-c1ccccc1C#N. The Balaban J connectivity index is 1.56. The van der Waals surface area contributed by atoms with Gasteiger partial charge >= 0.3 is 12.4 Å². The zero-order valence-corrected chi connectivity index (χ0v) is 26.4. The number of benzene rings is 5. The van der Waals surface area contributed by atoms with Gasteiger partial charge in [0.1, 0.15) is 0 Å². The Hall–Kier alpha value is -6.08. The largest absolute Gasteiger partial charge is 0.416 e. The summed E-state index contributed by atoms with van der Waals surface area (Å²) in [7, 11) is 0. The highest BCUT2D eigenvalue weighted by atomic mass is 19.4. The van der Waals surface area contributed by atoms with Gasteiger partial charge in [-0.3, -0.25) is 4.98 Å².